The summed E-state index contributed by atoms with van der Waals surface area (Å²) in [5, 5.41) is 19.4. The predicted octanol–water partition coefficient (Wildman–Crippen LogP) is 2.55. The van der Waals surface area contributed by atoms with E-state index in [0.29, 0.717) is 5.56 Å². The Hall–Kier alpha value is -2.01. The van der Waals surface area contributed by atoms with Crippen molar-refractivity contribution in [2.24, 2.45) is 0 Å². The Morgan fingerprint density at radius 2 is 1.47 bits per heavy atom. The van der Waals surface area contributed by atoms with Crippen LogP contribution in [0.25, 0.3) is 0 Å². The topological polar surface area (TPSA) is 74.6 Å². The number of benzene rings is 2. The molecule has 0 heterocycles. The van der Waals surface area contributed by atoms with E-state index in [2.05, 4.69) is 0 Å². The first-order valence-corrected chi connectivity index (χ1v) is 7.16. The van der Waals surface area contributed by atoms with Gasteiger partial charge in [-0.2, -0.15) is 0 Å². The van der Waals surface area contributed by atoms with Crippen molar-refractivity contribution in [3.63, 3.8) is 0 Å². The average molecular weight is 278 g/mol. The number of phenolic OH excluding ortho intramolecular Hbond substituents is 2. The highest BCUT2D eigenvalue weighted by Gasteiger charge is 2.25. The van der Waals surface area contributed by atoms with Crippen LogP contribution >= 0.6 is 0 Å². The summed E-state index contributed by atoms with van der Waals surface area (Å²) in [5.74, 6) is -0.378. The van der Waals surface area contributed by atoms with E-state index in [1.165, 1.54) is 31.2 Å². The van der Waals surface area contributed by atoms with Gasteiger partial charge in [-0.15, -0.1) is 0 Å². The van der Waals surface area contributed by atoms with Crippen LogP contribution < -0.4 is 0 Å². The molecule has 0 unspecified atom stereocenters. The Balaban J connectivity index is 2.77. The Morgan fingerprint density at radius 1 is 0.895 bits per heavy atom. The molecular weight excluding hydrogens is 264 g/mol. The van der Waals surface area contributed by atoms with Crippen LogP contribution in [-0.2, 0) is 9.84 Å². The number of rotatable bonds is 2. The molecule has 5 heteroatoms. The predicted molar refractivity (Wildman–Crippen MR) is 71.1 cm³/mol. The Labute approximate surface area is 111 Å². The van der Waals surface area contributed by atoms with Crippen molar-refractivity contribution in [1.82, 2.24) is 0 Å². The van der Waals surface area contributed by atoms with Crippen LogP contribution in [0.2, 0.25) is 0 Å². The van der Waals surface area contributed by atoms with Crippen LogP contribution in [0.1, 0.15) is 11.1 Å². The van der Waals surface area contributed by atoms with Crippen molar-refractivity contribution < 1.29 is 18.6 Å². The third-order valence-corrected chi connectivity index (χ3v) is 5.09. The van der Waals surface area contributed by atoms with Crippen LogP contribution in [0.5, 0.6) is 11.5 Å². The summed E-state index contributed by atoms with van der Waals surface area (Å²) in [5.41, 5.74) is 0.730. The number of aryl methyl sites for hydroxylation is 1. The van der Waals surface area contributed by atoms with Crippen molar-refractivity contribution >= 4 is 9.84 Å². The maximum Gasteiger partial charge on any atom is 0.210 e. The Bertz CT molecular complexity index is 713. The van der Waals surface area contributed by atoms with Crippen molar-refractivity contribution in [2.45, 2.75) is 23.6 Å². The van der Waals surface area contributed by atoms with Gasteiger partial charge in [-0.25, -0.2) is 8.42 Å². The van der Waals surface area contributed by atoms with Crippen LogP contribution in [-0.4, -0.2) is 18.6 Å². The van der Waals surface area contributed by atoms with Crippen molar-refractivity contribution in [1.29, 1.82) is 0 Å². The van der Waals surface area contributed by atoms with E-state index in [1.807, 2.05) is 0 Å². The van der Waals surface area contributed by atoms with Crippen molar-refractivity contribution in [2.75, 3.05) is 0 Å². The molecule has 2 N–H and O–H groups in total. The minimum atomic E-state index is -3.86. The van der Waals surface area contributed by atoms with Crippen LogP contribution in [0.15, 0.2) is 46.2 Å². The van der Waals surface area contributed by atoms with Crippen molar-refractivity contribution in [3.05, 3.63) is 47.5 Å². The summed E-state index contributed by atoms with van der Waals surface area (Å²) in [6.45, 7) is 3.14. The van der Waals surface area contributed by atoms with E-state index in [1.54, 1.807) is 19.1 Å². The van der Waals surface area contributed by atoms with Gasteiger partial charge < -0.3 is 10.2 Å². The van der Waals surface area contributed by atoms with Crippen molar-refractivity contribution in [3.8, 4) is 11.5 Å². The lowest BCUT2D eigenvalue weighted by atomic mass is 10.2. The Morgan fingerprint density at radius 3 is 2.11 bits per heavy atom. The summed E-state index contributed by atoms with van der Waals surface area (Å²) in [4.78, 5) is -0.124. The van der Waals surface area contributed by atoms with Crippen LogP contribution in [0.4, 0.5) is 0 Å². The zero-order valence-corrected chi connectivity index (χ0v) is 11.4. The summed E-state index contributed by atoms with van der Waals surface area (Å²) < 4.78 is 25.2. The second-order valence-corrected chi connectivity index (χ2v) is 6.18. The molecule has 0 amide bonds. The third kappa shape index (κ3) is 2.17. The normalized spacial score (nSPS) is 11.5. The fraction of sp³-hybridized carbons (Fsp3) is 0.143. The fourth-order valence-corrected chi connectivity index (χ4v) is 3.81. The molecule has 0 bridgehead atoms. The molecule has 100 valence electrons. The molecule has 2 aromatic carbocycles. The molecule has 2 rings (SSSR count). The molecule has 0 radical (unpaired) electrons. The first-order chi connectivity index (χ1) is 8.85. The first kappa shape index (κ1) is 13.4. The van der Waals surface area contributed by atoms with Crippen LogP contribution in [0, 0.1) is 13.8 Å². The van der Waals surface area contributed by atoms with E-state index in [0.717, 1.165) is 0 Å². The summed E-state index contributed by atoms with van der Waals surface area (Å²) >= 11 is 0. The van der Waals surface area contributed by atoms with Gasteiger partial charge in [0.2, 0.25) is 9.84 Å². The molecule has 19 heavy (non-hydrogen) atoms. The van der Waals surface area contributed by atoms with Gasteiger partial charge in [-0.3, -0.25) is 0 Å². The lowest BCUT2D eigenvalue weighted by Gasteiger charge is -2.12. The largest absolute Gasteiger partial charge is 0.508 e. The maximum absolute atomic E-state index is 12.6. The third-order valence-electron chi connectivity index (χ3n) is 3.00. The number of hydrogen-bond donors (Lipinski definition) is 2. The second-order valence-electron chi connectivity index (χ2n) is 4.33. The number of aromatic hydroxyl groups is 2. The van der Waals surface area contributed by atoms with E-state index in [9.17, 15) is 18.6 Å². The maximum atomic E-state index is 12.6. The molecule has 0 aliphatic heterocycles. The lowest BCUT2D eigenvalue weighted by Crippen LogP contribution is -2.06. The van der Waals surface area contributed by atoms with E-state index >= 15 is 0 Å². The summed E-state index contributed by atoms with van der Waals surface area (Å²) in [6.07, 6.45) is 0. The standard InChI is InChI=1S/C14H14O4S/c1-9-5-3-7-12(16)14(9)19(17,18)13-8-4-6-11(15)10(13)2/h3-8,15-16H,1-2H3. The molecule has 0 spiro atoms. The summed E-state index contributed by atoms with van der Waals surface area (Å²) in [6, 6.07) is 8.83. The van der Waals surface area contributed by atoms with E-state index < -0.39 is 9.84 Å². The zero-order chi connectivity index (χ0) is 14.2. The highest BCUT2D eigenvalue weighted by atomic mass is 32.2. The van der Waals surface area contributed by atoms with Gasteiger partial charge in [0.05, 0.1) is 4.90 Å². The summed E-state index contributed by atoms with van der Waals surface area (Å²) in [7, 11) is -3.86. The second kappa shape index (κ2) is 4.59. The van der Waals surface area contributed by atoms with Gasteiger partial charge in [0.15, 0.2) is 0 Å². The molecule has 0 aromatic heterocycles. The minimum Gasteiger partial charge on any atom is -0.508 e. The minimum absolute atomic E-state index is 0.00269. The molecule has 0 atom stereocenters. The average Bonchev–Trinajstić information content (AvgIpc) is 2.32. The monoisotopic (exact) mass is 278 g/mol. The number of hydrogen-bond acceptors (Lipinski definition) is 4. The number of sulfone groups is 1. The number of phenols is 2. The SMILES string of the molecule is Cc1cccc(O)c1S(=O)(=O)c1cccc(O)c1C. The highest BCUT2D eigenvalue weighted by molar-refractivity contribution is 7.91. The van der Waals surface area contributed by atoms with Gasteiger partial charge in [0.1, 0.15) is 16.4 Å². The molecule has 4 nitrogen and oxygen atoms in total. The van der Waals surface area contributed by atoms with Gasteiger partial charge in [0.25, 0.3) is 0 Å². The quantitative estimate of drug-likeness (QED) is 0.885. The van der Waals surface area contributed by atoms with Gasteiger partial charge in [0, 0.05) is 5.56 Å². The Kier molecular flexibility index (Phi) is 3.24. The van der Waals surface area contributed by atoms with Crippen LogP contribution in [0.3, 0.4) is 0 Å². The van der Waals surface area contributed by atoms with E-state index in [-0.39, 0.29) is 26.9 Å². The fourth-order valence-electron chi connectivity index (χ4n) is 1.99. The molecule has 0 saturated carbocycles. The molecule has 0 aliphatic carbocycles. The van der Waals surface area contributed by atoms with Gasteiger partial charge in [-0.1, -0.05) is 18.2 Å². The first-order valence-electron chi connectivity index (χ1n) is 5.68. The zero-order valence-electron chi connectivity index (χ0n) is 10.6. The van der Waals surface area contributed by atoms with E-state index in [4.69, 9.17) is 0 Å². The van der Waals surface area contributed by atoms with Gasteiger partial charge >= 0.3 is 0 Å². The molecule has 0 aliphatic rings. The van der Waals surface area contributed by atoms with Gasteiger partial charge in [-0.05, 0) is 37.6 Å². The highest BCUT2D eigenvalue weighted by Crippen LogP contribution is 2.34. The molecule has 0 fully saturated rings. The smallest absolute Gasteiger partial charge is 0.210 e. The molecular formula is C14H14O4S. The molecule has 2 aromatic rings. The lowest BCUT2D eigenvalue weighted by molar-refractivity contribution is 0.456. The molecule has 0 saturated heterocycles.